The SMILES string of the molecule is CCCCC(NCc1cnccc1C)C(=O)OC. The summed E-state index contributed by atoms with van der Waals surface area (Å²) < 4.78 is 4.81. The Morgan fingerprint density at radius 2 is 2.33 bits per heavy atom. The summed E-state index contributed by atoms with van der Waals surface area (Å²) in [5.74, 6) is -0.190. The highest BCUT2D eigenvalue weighted by Crippen LogP contribution is 2.07. The number of rotatable bonds is 7. The molecular weight excluding hydrogens is 228 g/mol. The molecule has 100 valence electrons. The number of carbonyl (C=O) groups excluding carboxylic acids is 1. The number of ether oxygens (including phenoxy) is 1. The third-order valence-electron chi connectivity index (χ3n) is 3.02. The van der Waals surface area contributed by atoms with Gasteiger partial charge in [-0.3, -0.25) is 9.78 Å². The Hall–Kier alpha value is -1.42. The van der Waals surface area contributed by atoms with E-state index in [2.05, 4.69) is 17.2 Å². The second-order valence-corrected chi connectivity index (χ2v) is 4.40. The zero-order valence-electron chi connectivity index (χ0n) is 11.4. The maximum atomic E-state index is 11.6. The summed E-state index contributed by atoms with van der Waals surface area (Å²) >= 11 is 0. The van der Waals surface area contributed by atoms with Crippen LogP contribution in [0.3, 0.4) is 0 Å². The Bertz CT molecular complexity index is 380. The zero-order valence-corrected chi connectivity index (χ0v) is 11.4. The molecule has 1 rings (SSSR count). The molecule has 1 aromatic heterocycles. The van der Waals surface area contributed by atoms with Crippen molar-refractivity contribution < 1.29 is 9.53 Å². The van der Waals surface area contributed by atoms with Crippen molar-refractivity contribution in [3.8, 4) is 0 Å². The number of aromatic nitrogens is 1. The van der Waals surface area contributed by atoms with Crippen LogP contribution >= 0.6 is 0 Å². The number of hydrogen-bond acceptors (Lipinski definition) is 4. The fraction of sp³-hybridized carbons (Fsp3) is 0.571. The molecule has 0 saturated carbocycles. The van der Waals surface area contributed by atoms with Crippen LogP contribution in [-0.2, 0) is 16.1 Å². The molecule has 0 aliphatic carbocycles. The maximum absolute atomic E-state index is 11.6. The number of hydrogen-bond donors (Lipinski definition) is 1. The average molecular weight is 250 g/mol. The quantitative estimate of drug-likeness (QED) is 0.754. The van der Waals surface area contributed by atoms with Gasteiger partial charge in [-0.25, -0.2) is 0 Å². The molecule has 0 bridgehead atoms. The molecule has 1 atom stereocenters. The number of carbonyl (C=O) groups is 1. The monoisotopic (exact) mass is 250 g/mol. The lowest BCUT2D eigenvalue weighted by Crippen LogP contribution is -2.37. The largest absolute Gasteiger partial charge is 0.468 e. The van der Waals surface area contributed by atoms with Gasteiger partial charge in [-0.05, 0) is 30.5 Å². The molecule has 0 saturated heterocycles. The van der Waals surface area contributed by atoms with Crippen molar-refractivity contribution in [3.63, 3.8) is 0 Å². The van der Waals surface area contributed by atoms with E-state index in [9.17, 15) is 4.79 Å². The molecule has 4 heteroatoms. The van der Waals surface area contributed by atoms with E-state index in [1.54, 1.807) is 6.20 Å². The lowest BCUT2D eigenvalue weighted by Gasteiger charge is -2.16. The van der Waals surface area contributed by atoms with Crippen LogP contribution < -0.4 is 5.32 Å². The predicted octanol–water partition coefficient (Wildman–Crippen LogP) is 2.21. The zero-order chi connectivity index (χ0) is 13.4. The Morgan fingerprint density at radius 1 is 1.56 bits per heavy atom. The van der Waals surface area contributed by atoms with E-state index >= 15 is 0 Å². The van der Waals surface area contributed by atoms with Crippen LogP contribution in [0.2, 0.25) is 0 Å². The molecule has 18 heavy (non-hydrogen) atoms. The van der Waals surface area contributed by atoms with E-state index < -0.39 is 0 Å². The van der Waals surface area contributed by atoms with Crippen molar-refractivity contribution in [2.24, 2.45) is 0 Å². The lowest BCUT2D eigenvalue weighted by atomic mass is 10.1. The van der Waals surface area contributed by atoms with Crippen molar-refractivity contribution in [1.29, 1.82) is 0 Å². The van der Waals surface area contributed by atoms with Crippen LogP contribution in [0.25, 0.3) is 0 Å². The minimum absolute atomic E-state index is 0.190. The molecule has 1 heterocycles. The number of aryl methyl sites for hydroxylation is 1. The number of nitrogens with one attached hydrogen (secondary N) is 1. The molecular formula is C14H22N2O2. The van der Waals surface area contributed by atoms with Crippen LogP contribution in [0, 0.1) is 6.92 Å². The molecule has 0 aromatic carbocycles. The molecule has 0 spiro atoms. The number of methoxy groups -OCH3 is 1. The van der Waals surface area contributed by atoms with Crippen LogP contribution in [0.1, 0.15) is 37.3 Å². The first-order chi connectivity index (χ1) is 8.69. The van der Waals surface area contributed by atoms with Crippen LogP contribution in [-0.4, -0.2) is 24.1 Å². The lowest BCUT2D eigenvalue weighted by molar-refractivity contribution is -0.143. The predicted molar refractivity (Wildman–Crippen MR) is 71.1 cm³/mol. The Kier molecular flexibility index (Phi) is 6.36. The first-order valence-electron chi connectivity index (χ1n) is 6.39. The molecule has 0 amide bonds. The number of esters is 1. The van der Waals surface area contributed by atoms with E-state index in [0.29, 0.717) is 6.54 Å². The highest BCUT2D eigenvalue weighted by Gasteiger charge is 2.17. The van der Waals surface area contributed by atoms with Gasteiger partial charge in [-0.2, -0.15) is 0 Å². The molecule has 0 aliphatic heterocycles. The fourth-order valence-corrected chi connectivity index (χ4v) is 1.77. The van der Waals surface area contributed by atoms with Crippen molar-refractivity contribution in [1.82, 2.24) is 10.3 Å². The normalized spacial score (nSPS) is 12.2. The second-order valence-electron chi connectivity index (χ2n) is 4.40. The summed E-state index contributed by atoms with van der Waals surface area (Å²) in [5.41, 5.74) is 2.29. The van der Waals surface area contributed by atoms with Crippen molar-refractivity contribution >= 4 is 5.97 Å². The summed E-state index contributed by atoms with van der Waals surface area (Å²) in [5, 5.41) is 3.25. The van der Waals surface area contributed by atoms with E-state index in [-0.39, 0.29) is 12.0 Å². The third kappa shape index (κ3) is 4.45. The minimum Gasteiger partial charge on any atom is -0.468 e. The minimum atomic E-state index is -0.227. The van der Waals surface area contributed by atoms with Gasteiger partial charge >= 0.3 is 5.97 Å². The Balaban J connectivity index is 2.56. The van der Waals surface area contributed by atoms with Gasteiger partial charge in [0.25, 0.3) is 0 Å². The second kappa shape index (κ2) is 7.82. The first-order valence-corrected chi connectivity index (χ1v) is 6.39. The van der Waals surface area contributed by atoms with Crippen molar-refractivity contribution in [2.75, 3.05) is 7.11 Å². The van der Waals surface area contributed by atoms with Gasteiger partial charge in [0.1, 0.15) is 6.04 Å². The van der Waals surface area contributed by atoms with Crippen LogP contribution in [0.4, 0.5) is 0 Å². The van der Waals surface area contributed by atoms with Gasteiger partial charge < -0.3 is 10.1 Å². The van der Waals surface area contributed by atoms with Crippen LogP contribution in [0.5, 0.6) is 0 Å². The van der Waals surface area contributed by atoms with Crippen molar-refractivity contribution in [2.45, 2.75) is 45.7 Å². The fourth-order valence-electron chi connectivity index (χ4n) is 1.77. The highest BCUT2D eigenvalue weighted by molar-refractivity contribution is 5.75. The molecule has 1 N–H and O–H groups in total. The molecule has 0 fully saturated rings. The van der Waals surface area contributed by atoms with E-state index in [1.807, 2.05) is 19.2 Å². The maximum Gasteiger partial charge on any atom is 0.322 e. The van der Waals surface area contributed by atoms with Gasteiger partial charge in [0, 0.05) is 18.9 Å². The first kappa shape index (κ1) is 14.6. The molecule has 0 aliphatic rings. The summed E-state index contributed by atoms with van der Waals surface area (Å²) in [6.45, 7) is 4.79. The Labute approximate surface area is 109 Å². The standard InChI is InChI=1S/C14H22N2O2/c1-4-5-6-13(14(17)18-3)16-10-12-9-15-8-7-11(12)2/h7-9,13,16H,4-6,10H2,1-3H3. The van der Waals surface area contributed by atoms with Gasteiger partial charge in [-0.15, -0.1) is 0 Å². The van der Waals surface area contributed by atoms with Gasteiger partial charge in [0.2, 0.25) is 0 Å². The van der Waals surface area contributed by atoms with Gasteiger partial charge in [0.05, 0.1) is 7.11 Å². The summed E-state index contributed by atoms with van der Waals surface area (Å²) in [4.78, 5) is 15.7. The summed E-state index contributed by atoms with van der Waals surface area (Å²) in [6.07, 6.45) is 6.49. The smallest absolute Gasteiger partial charge is 0.322 e. The summed E-state index contributed by atoms with van der Waals surface area (Å²) in [6, 6.07) is 1.74. The topological polar surface area (TPSA) is 51.2 Å². The third-order valence-corrected chi connectivity index (χ3v) is 3.02. The molecule has 1 aromatic rings. The average Bonchev–Trinajstić information content (AvgIpc) is 2.40. The van der Waals surface area contributed by atoms with E-state index in [1.165, 1.54) is 12.7 Å². The van der Waals surface area contributed by atoms with Crippen molar-refractivity contribution in [3.05, 3.63) is 29.6 Å². The van der Waals surface area contributed by atoms with E-state index in [0.717, 1.165) is 24.8 Å². The Morgan fingerprint density at radius 3 is 2.94 bits per heavy atom. The van der Waals surface area contributed by atoms with Gasteiger partial charge in [-0.1, -0.05) is 19.8 Å². The summed E-state index contributed by atoms with van der Waals surface area (Å²) in [7, 11) is 1.43. The van der Waals surface area contributed by atoms with E-state index in [4.69, 9.17) is 4.74 Å². The number of pyridine rings is 1. The number of nitrogens with zero attached hydrogens (tertiary/aromatic N) is 1. The number of unbranched alkanes of at least 4 members (excludes halogenated alkanes) is 1. The van der Waals surface area contributed by atoms with Crippen LogP contribution in [0.15, 0.2) is 18.5 Å². The highest BCUT2D eigenvalue weighted by atomic mass is 16.5. The molecule has 1 unspecified atom stereocenters. The molecule has 0 radical (unpaired) electrons. The molecule has 4 nitrogen and oxygen atoms in total. The van der Waals surface area contributed by atoms with Gasteiger partial charge in [0.15, 0.2) is 0 Å².